The second kappa shape index (κ2) is 6.86. The molecule has 6 heteroatoms. The molecule has 0 radical (unpaired) electrons. The lowest BCUT2D eigenvalue weighted by molar-refractivity contribution is -0.136. The molecular weight excluding hydrogens is 264 g/mol. The Morgan fingerprint density at radius 1 is 1.42 bits per heavy atom. The number of carbonyl (C=O) groups is 1. The van der Waals surface area contributed by atoms with Gasteiger partial charge in [-0.1, -0.05) is 13.3 Å². The van der Waals surface area contributed by atoms with Crippen LogP contribution in [0.2, 0.25) is 0 Å². The SMILES string of the molecule is CCCc1nc(N2CCOCC2)sc1CCC(=O)O. The quantitative estimate of drug-likeness (QED) is 0.865. The minimum atomic E-state index is -0.747. The Kier molecular flexibility index (Phi) is 5.15. The minimum absolute atomic E-state index is 0.182. The summed E-state index contributed by atoms with van der Waals surface area (Å²) >= 11 is 1.64. The number of anilines is 1. The number of aromatic nitrogens is 1. The zero-order valence-corrected chi connectivity index (χ0v) is 12.0. The summed E-state index contributed by atoms with van der Waals surface area (Å²) in [6.45, 7) is 5.35. The van der Waals surface area contributed by atoms with Gasteiger partial charge in [-0.25, -0.2) is 4.98 Å². The average Bonchev–Trinajstić information content (AvgIpc) is 2.81. The number of thiazole rings is 1. The normalized spacial score (nSPS) is 15.7. The van der Waals surface area contributed by atoms with Crippen LogP contribution >= 0.6 is 11.3 Å². The number of hydrogen-bond acceptors (Lipinski definition) is 5. The Morgan fingerprint density at radius 3 is 2.79 bits per heavy atom. The molecule has 0 saturated carbocycles. The van der Waals surface area contributed by atoms with Crippen molar-refractivity contribution in [2.45, 2.75) is 32.6 Å². The molecule has 1 aliphatic heterocycles. The Balaban J connectivity index is 2.11. The van der Waals surface area contributed by atoms with Crippen LogP contribution in [0, 0.1) is 0 Å². The highest BCUT2D eigenvalue weighted by Gasteiger charge is 2.18. The first kappa shape index (κ1) is 14.3. The lowest BCUT2D eigenvalue weighted by atomic mass is 10.2. The van der Waals surface area contributed by atoms with Crippen molar-refractivity contribution < 1.29 is 14.6 Å². The van der Waals surface area contributed by atoms with Crippen LogP contribution in [0.1, 0.15) is 30.3 Å². The number of rotatable bonds is 6. The van der Waals surface area contributed by atoms with Gasteiger partial charge in [-0.15, -0.1) is 11.3 Å². The van der Waals surface area contributed by atoms with Crippen LogP contribution in [0.3, 0.4) is 0 Å². The third-order valence-corrected chi connectivity index (χ3v) is 4.32. The molecule has 0 unspecified atom stereocenters. The van der Waals surface area contributed by atoms with E-state index in [1.54, 1.807) is 11.3 Å². The van der Waals surface area contributed by atoms with E-state index in [0.717, 1.165) is 54.8 Å². The molecular formula is C13H20N2O3S. The molecule has 0 bridgehead atoms. The molecule has 0 aromatic carbocycles. The number of carboxylic acid groups (broad SMARTS) is 1. The van der Waals surface area contributed by atoms with Gasteiger partial charge in [0.1, 0.15) is 0 Å². The van der Waals surface area contributed by atoms with Crippen LogP contribution in [0.15, 0.2) is 0 Å². The lowest BCUT2D eigenvalue weighted by Gasteiger charge is -2.26. The lowest BCUT2D eigenvalue weighted by Crippen LogP contribution is -2.36. The third-order valence-electron chi connectivity index (χ3n) is 3.10. The molecule has 1 saturated heterocycles. The predicted octanol–water partition coefficient (Wildman–Crippen LogP) is 1.95. The number of ether oxygens (including phenoxy) is 1. The third kappa shape index (κ3) is 3.91. The standard InChI is InChI=1S/C13H20N2O3S/c1-2-3-10-11(4-5-12(16)17)19-13(14-10)15-6-8-18-9-7-15/h2-9H2,1H3,(H,16,17). The molecule has 1 aromatic rings. The van der Waals surface area contributed by atoms with Gasteiger partial charge in [0.05, 0.1) is 25.3 Å². The summed E-state index contributed by atoms with van der Waals surface area (Å²) in [6, 6.07) is 0. The Labute approximate surface area is 117 Å². The maximum atomic E-state index is 10.7. The number of carboxylic acids is 1. The van der Waals surface area contributed by atoms with E-state index >= 15 is 0 Å². The highest BCUT2D eigenvalue weighted by Crippen LogP contribution is 2.29. The van der Waals surface area contributed by atoms with Crippen molar-refractivity contribution in [1.29, 1.82) is 0 Å². The van der Waals surface area contributed by atoms with Crippen LogP contribution in [0.4, 0.5) is 5.13 Å². The van der Waals surface area contributed by atoms with Gasteiger partial charge in [-0.05, 0) is 12.8 Å². The Hall–Kier alpha value is -1.14. The molecule has 0 amide bonds. The molecule has 1 aromatic heterocycles. The molecule has 106 valence electrons. The summed E-state index contributed by atoms with van der Waals surface area (Å²) in [5, 5.41) is 9.83. The summed E-state index contributed by atoms with van der Waals surface area (Å²) < 4.78 is 5.34. The zero-order valence-electron chi connectivity index (χ0n) is 11.2. The number of aliphatic carboxylic acids is 1. The molecule has 5 nitrogen and oxygen atoms in total. The molecule has 0 atom stereocenters. The summed E-state index contributed by atoms with van der Waals surface area (Å²) in [5.74, 6) is -0.747. The molecule has 1 N–H and O–H groups in total. The second-order valence-corrected chi connectivity index (χ2v) is 5.67. The first-order chi connectivity index (χ1) is 9.20. The molecule has 2 heterocycles. The van der Waals surface area contributed by atoms with E-state index in [9.17, 15) is 4.79 Å². The topological polar surface area (TPSA) is 62.7 Å². The zero-order chi connectivity index (χ0) is 13.7. The summed E-state index contributed by atoms with van der Waals surface area (Å²) in [4.78, 5) is 18.8. The van der Waals surface area contributed by atoms with Gasteiger partial charge in [0.2, 0.25) is 0 Å². The fourth-order valence-electron chi connectivity index (χ4n) is 2.11. The van der Waals surface area contributed by atoms with Crippen molar-refractivity contribution in [2.75, 3.05) is 31.2 Å². The first-order valence-corrected chi connectivity index (χ1v) is 7.55. The minimum Gasteiger partial charge on any atom is -0.481 e. The van der Waals surface area contributed by atoms with Crippen molar-refractivity contribution in [3.05, 3.63) is 10.6 Å². The van der Waals surface area contributed by atoms with Crippen molar-refractivity contribution in [3.8, 4) is 0 Å². The number of nitrogens with zero attached hydrogens (tertiary/aromatic N) is 2. The smallest absolute Gasteiger partial charge is 0.303 e. The largest absolute Gasteiger partial charge is 0.481 e. The molecule has 19 heavy (non-hydrogen) atoms. The molecule has 1 aliphatic rings. The monoisotopic (exact) mass is 284 g/mol. The van der Waals surface area contributed by atoms with Crippen molar-refractivity contribution in [3.63, 3.8) is 0 Å². The number of aryl methyl sites for hydroxylation is 2. The fourth-order valence-corrected chi connectivity index (χ4v) is 3.27. The summed E-state index contributed by atoms with van der Waals surface area (Å²) in [5.41, 5.74) is 1.08. The van der Waals surface area contributed by atoms with E-state index in [1.807, 2.05) is 0 Å². The van der Waals surface area contributed by atoms with E-state index in [0.29, 0.717) is 6.42 Å². The van der Waals surface area contributed by atoms with E-state index in [-0.39, 0.29) is 6.42 Å². The van der Waals surface area contributed by atoms with Crippen LogP contribution < -0.4 is 4.90 Å². The van der Waals surface area contributed by atoms with E-state index in [4.69, 9.17) is 14.8 Å². The number of hydrogen-bond donors (Lipinski definition) is 1. The van der Waals surface area contributed by atoms with Crippen LogP contribution in [0.25, 0.3) is 0 Å². The van der Waals surface area contributed by atoms with Crippen molar-refractivity contribution in [1.82, 2.24) is 4.98 Å². The van der Waals surface area contributed by atoms with E-state index < -0.39 is 5.97 Å². The van der Waals surface area contributed by atoms with E-state index in [2.05, 4.69) is 11.8 Å². The molecule has 0 spiro atoms. The maximum Gasteiger partial charge on any atom is 0.303 e. The van der Waals surface area contributed by atoms with E-state index in [1.165, 1.54) is 0 Å². The van der Waals surface area contributed by atoms with Crippen LogP contribution in [0.5, 0.6) is 0 Å². The Bertz CT molecular complexity index is 428. The van der Waals surface area contributed by atoms with Gasteiger partial charge < -0.3 is 14.7 Å². The van der Waals surface area contributed by atoms with Gasteiger partial charge >= 0.3 is 5.97 Å². The number of morpholine rings is 1. The molecule has 1 fully saturated rings. The Morgan fingerprint density at radius 2 is 2.16 bits per heavy atom. The predicted molar refractivity (Wildman–Crippen MR) is 75.1 cm³/mol. The van der Waals surface area contributed by atoms with Crippen LogP contribution in [-0.2, 0) is 22.4 Å². The molecule has 2 rings (SSSR count). The second-order valence-electron chi connectivity index (χ2n) is 4.61. The average molecular weight is 284 g/mol. The first-order valence-electron chi connectivity index (χ1n) is 6.73. The van der Waals surface area contributed by atoms with Crippen molar-refractivity contribution in [2.24, 2.45) is 0 Å². The fraction of sp³-hybridized carbons (Fsp3) is 0.692. The summed E-state index contributed by atoms with van der Waals surface area (Å²) in [6.07, 6.45) is 2.73. The highest BCUT2D eigenvalue weighted by atomic mass is 32.1. The maximum absolute atomic E-state index is 10.7. The van der Waals surface area contributed by atoms with Gasteiger partial charge in [0, 0.05) is 18.0 Å². The van der Waals surface area contributed by atoms with Crippen molar-refractivity contribution >= 4 is 22.4 Å². The van der Waals surface area contributed by atoms with Gasteiger partial charge in [0.15, 0.2) is 5.13 Å². The highest BCUT2D eigenvalue weighted by molar-refractivity contribution is 7.15. The van der Waals surface area contributed by atoms with Gasteiger partial charge in [-0.2, -0.15) is 0 Å². The van der Waals surface area contributed by atoms with Gasteiger partial charge in [-0.3, -0.25) is 4.79 Å². The summed E-state index contributed by atoms with van der Waals surface area (Å²) in [7, 11) is 0. The molecule has 0 aliphatic carbocycles. The van der Waals surface area contributed by atoms with Crippen LogP contribution in [-0.4, -0.2) is 42.4 Å². The van der Waals surface area contributed by atoms with Gasteiger partial charge in [0.25, 0.3) is 0 Å².